The Morgan fingerprint density at radius 2 is 2.20 bits per heavy atom. The molecule has 10 heavy (non-hydrogen) atoms. The van der Waals surface area contributed by atoms with Crippen LogP contribution in [-0.4, -0.2) is 21.4 Å². The molecule has 52 valence electrons. The van der Waals surface area contributed by atoms with Crippen molar-refractivity contribution in [2.45, 2.75) is 6.54 Å². The molecular formula is C5H6N4O. The second kappa shape index (κ2) is 3.49. The van der Waals surface area contributed by atoms with E-state index in [1.165, 1.54) is 12.7 Å². The minimum absolute atomic E-state index is 0.353. The fourth-order valence-corrected chi connectivity index (χ4v) is 0.487. The van der Waals surface area contributed by atoms with Gasteiger partial charge in [0, 0.05) is 0 Å². The summed E-state index contributed by atoms with van der Waals surface area (Å²) in [5, 5.41) is 2.43. The summed E-state index contributed by atoms with van der Waals surface area (Å²) in [6.45, 7) is 0.353. The molecule has 1 rings (SSSR count). The Morgan fingerprint density at radius 1 is 1.50 bits per heavy atom. The molecular weight excluding hydrogens is 132 g/mol. The van der Waals surface area contributed by atoms with Crippen molar-refractivity contribution in [3.8, 4) is 0 Å². The van der Waals surface area contributed by atoms with Crippen LogP contribution in [0, 0.1) is 0 Å². The minimum Gasteiger partial charge on any atom is -0.351 e. The SMILES string of the molecule is O=CNCc1ncncn1. The van der Waals surface area contributed by atoms with Gasteiger partial charge >= 0.3 is 0 Å². The molecule has 0 aliphatic rings. The van der Waals surface area contributed by atoms with Gasteiger partial charge < -0.3 is 5.32 Å². The molecule has 1 aromatic heterocycles. The van der Waals surface area contributed by atoms with E-state index in [1.807, 2.05) is 0 Å². The zero-order valence-electron chi connectivity index (χ0n) is 5.19. The summed E-state index contributed by atoms with van der Waals surface area (Å²) in [6.07, 6.45) is 3.37. The van der Waals surface area contributed by atoms with Gasteiger partial charge in [-0.25, -0.2) is 15.0 Å². The number of carbonyl (C=O) groups is 1. The number of nitrogens with one attached hydrogen (secondary N) is 1. The van der Waals surface area contributed by atoms with Crippen molar-refractivity contribution in [3.63, 3.8) is 0 Å². The van der Waals surface area contributed by atoms with Gasteiger partial charge in [0.1, 0.15) is 12.7 Å². The largest absolute Gasteiger partial charge is 0.351 e. The van der Waals surface area contributed by atoms with E-state index >= 15 is 0 Å². The smallest absolute Gasteiger partial charge is 0.207 e. The summed E-state index contributed by atoms with van der Waals surface area (Å²) in [7, 11) is 0. The van der Waals surface area contributed by atoms with E-state index in [2.05, 4.69) is 20.3 Å². The Hall–Kier alpha value is -1.52. The van der Waals surface area contributed by atoms with Crippen molar-refractivity contribution in [2.24, 2.45) is 0 Å². The molecule has 1 amide bonds. The lowest BCUT2D eigenvalue weighted by atomic mass is 10.6. The molecule has 0 spiro atoms. The highest BCUT2D eigenvalue weighted by molar-refractivity contribution is 5.45. The predicted octanol–water partition coefficient (Wildman–Crippen LogP) is -0.882. The Bertz CT molecular complexity index is 200. The average molecular weight is 138 g/mol. The van der Waals surface area contributed by atoms with Crippen molar-refractivity contribution in [3.05, 3.63) is 18.5 Å². The third-order valence-electron chi connectivity index (χ3n) is 0.890. The molecule has 1 heterocycles. The van der Waals surface area contributed by atoms with Crippen LogP contribution in [0.25, 0.3) is 0 Å². The summed E-state index contributed by atoms with van der Waals surface area (Å²) >= 11 is 0. The molecule has 1 aromatic rings. The lowest BCUT2D eigenvalue weighted by Crippen LogP contribution is -2.12. The zero-order chi connectivity index (χ0) is 7.23. The number of aromatic nitrogens is 3. The van der Waals surface area contributed by atoms with Gasteiger partial charge in [0.25, 0.3) is 0 Å². The number of nitrogens with zero attached hydrogens (tertiary/aromatic N) is 3. The highest BCUT2D eigenvalue weighted by atomic mass is 16.1. The summed E-state index contributed by atoms with van der Waals surface area (Å²) in [4.78, 5) is 21.0. The molecule has 0 aromatic carbocycles. The summed E-state index contributed by atoms with van der Waals surface area (Å²) in [5.41, 5.74) is 0. The summed E-state index contributed by atoms with van der Waals surface area (Å²) in [6, 6.07) is 0. The van der Waals surface area contributed by atoms with E-state index in [1.54, 1.807) is 0 Å². The molecule has 0 unspecified atom stereocenters. The maximum Gasteiger partial charge on any atom is 0.207 e. The van der Waals surface area contributed by atoms with Crippen LogP contribution in [-0.2, 0) is 11.3 Å². The van der Waals surface area contributed by atoms with Gasteiger partial charge in [-0.05, 0) is 0 Å². The maximum atomic E-state index is 9.80. The second-order valence-corrected chi connectivity index (χ2v) is 1.55. The van der Waals surface area contributed by atoms with E-state index in [0.29, 0.717) is 18.8 Å². The summed E-state index contributed by atoms with van der Waals surface area (Å²) in [5.74, 6) is 0.558. The number of carbonyl (C=O) groups excluding carboxylic acids is 1. The number of rotatable bonds is 3. The van der Waals surface area contributed by atoms with Gasteiger partial charge in [-0.3, -0.25) is 4.79 Å². The van der Waals surface area contributed by atoms with E-state index in [-0.39, 0.29) is 0 Å². The lowest BCUT2D eigenvalue weighted by Gasteiger charge is -1.93. The van der Waals surface area contributed by atoms with Crippen molar-refractivity contribution >= 4 is 6.41 Å². The normalized spacial score (nSPS) is 8.80. The van der Waals surface area contributed by atoms with E-state index < -0.39 is 0 Å². The van der Waals surface area contributed by atoms with Crippen LogP contribution < -0.4 is 5.32 Å². The number of hydrogen-bond donors (Lipinski definition) is 1. The Balaban J connectivity index is 2.50. The van der Waals surface area contributed by atoms with Crippen molar-refractivity contribution < 1.29 is 4.79 Å². The van der Waals surface area contributed by atoms with E-state index in [0.717, 1.165) is 0 Å². The van der Waals surface area contributed by atoms with Gasteiger partial charge in [-0.1, -0.05) is 0 Å². The molecule has 0 saturated carbocycles. The van der Waals surface area contributed by atoms with Crippen LogP contribution in [0.2, 0.25) is 0 Å². The number of hydrogen-bond acceptors (Lipinski definition) is 4. The second-order valence-electron chi connectivity index (χ2n) is 1.55. The third-order valence-corrected chi connectivity index (χ3v) is 0.890. The monoisotopic (exact) mass is 138 g/mol. The topological polar surface area (TPSA) is 67.8 Å². The molecule has 0 aliphatic heterocycles. The van der Waals surface area contributed by atoms with Crippen molar-refractivity contribution in [1.82, 2.24) is 20.3 Å². The minimum atomic E-state index is 0.353. The lowest BCUT2D eigenvalue weighted by molar-refractivity contribution is -0.109. The Labute approximate surface area is 57.5 Å². The van der Waals surface area contributed by atoms with Crippen LogP contribution >= 0.6 is 0 Å². The first-order chi connectivity index (χ1) is 4.93. The van der Waals surface area contributed by atoms with Crippen LogP contribution in [0.15, 0.2) is 12.7 Å². The van der Waals surface area contributed by atoms with Crippen LogP contribution in [0.4, 0.5) is 0 Å². The van der Waals surface area contributed by atoms with Gasteiger partial charge in [0.2, 0.25) is 6.41 Å². The van der Waals surface area contributed by atoms with Gasteiger partial charge in [-0.15, -0.1) is 0 Å². The first-order valence-electron chi connectivity index (χ1n) is 2.71. The maximum absolute atomic E-state index is 9.80. The zero-order valence-corrected chi connectivity index (χ0v) is 5.19. The first kappa shape index (κ1) is 6.60. The standard InChI is InChI=1S/C5H6N4O/c10-4-6-1-5-8-2-7-3-9-5/h2-4H,1H2,(H,6,10). The predicted molar refractivity (Wildman–Crippen MR) is 32.7 cm³/mol. The van der Waals surface area contributed by atoms with Crippen LogP contribution in [0.5, 0.6) is 0 Å². The molecule has 0 atom stereocenters. The van der Waals surface area contributed by atoms with E-state index in [4.69, 9.17) is 0 Å². The molecule has 0 saturated heterocycles. The van der Waals surface area contributed by atoms with Crippen molar-refractivity contribution in [1.29, 1.82) is 0 Å². The molecule has 1 N–H and O–H groups in total. The highest BCUT2D eigenvalue weighted by Gasteiger charge is 1.89. The Morgan fingerprint density at radius 3 is 2.80 bits per heavy atom. The fourth-order valence-electron chi connectivity index (χ4n) is 0.487. The third kappa shape index (κ3) is 1.77. The van der Waals surface area contributed by atoms with Gasteiger partial charge in [0.15, 0.2) is 5.82 Å². The van der Waals surface area contributed by atoms with Gasteiger partial charge in [-0.2, -0.15) is 0 Å². The quantitative estimate of drug-likeness (QED) is 0.550. The Kier molecular flexibility index (Phi) is 2.31. The molecule has 0 radical (unpaired) electrons. The fraction of sp³-hybridized carbons (Fsp3) is 0.200. The molecule has 5 heteroatoms. The summed E-state index contributed by atoms with van der Waals surface area (Å²) < 4.78 is 0. The molecule has 5 nitrogen and oxygen atoms in total. The highest BCUT2D eigenvalue weighted by Crippen LogP contribution is 1.80. The van der Waals surface area contributed by atoms with Crippen LogP contribution in [0.1, 0.15) is 5.82 Å². The van der Waals surface area contributed by atoms with Crippen molar-refractivity contribution in [2.75, 3.05) is 0 Å². The molecule has 0 fully saturated rings. The van der Waals surface area contributed by atoms with E-state index in [9.17, 15) is 4.79 Å². The average Bonchev–Trinajstić information content (AvgIpc) is 2.03. The van der Waals surface area contributed by atoms with Gasteiger partial charge in [0.05, 0.1) is 6.54 Å². The molecule has 0 aliphatic carbocycles. The van der Waals surface area contributed by atoms with Crippen LogP contribution in [0.3, 0.4) is 0 Å². The molecule has 0 bridgehead atoms. The first-order valence-corrected chi connectivity index (χ1v) is 2.71. The number of amides is 1.